The summed E-state index contributed by atoms with van der Waals surface area (Å²) in [6.07, 6.45) is 2.52. The van der Waals surface area contributed by atoms with Gasteiger partial charge in [0.1, 0.15) is 5.82 Å². The molecular weight excluding hydrogens is 268 g/mol. The Balaban J connectivity index is 2.64. The number of hydrogen-bond acceptors (Lipinski definition) is 5. The number of carbonyl (C=O) groups is 1. The molecule has 0 bridgehead atoms. The number of anilines is 1. The number of aromatic nitrogens is 2. The minimum absolute atomic E-state index is 0.0524. The van der Waals surface area contributed by atoms with E-state index in [0.717, 1.165) is 26.1 Å². The Morgan fingerprint density at radius 3 is 2.57 bits per heavy atom. The Hall–Kier alpha value is -1.69. The van der Waals surface area contributed by atoms with Crippen LogP contribution < -0.4 is 5.32 Å². The van der Waals surface area contributed by atoms with Crippen molar-refractivity contribution in [3.63, 3.8) is 0 Å². The Labute approximate surface area is 126 Å². The summed E-state index contributed by atoms with van der Waals surface area (Å²) in [5.74, 6) is -0.355. The maximum absolute atomic E-state index is 11.3. The summed E-state index contributed by atoms with van der Waals surface area (Å²) >= 11 is 0. The molecule has 6 heteroatoms. The van der Waals surface area contributed by atoms with Crippen LogP contribution in [0.1, 0.15) is 56.3 Å². The highest BCUT2D eigenvalue weighted by Gasteiger charge is 2.15. The number of hydrogen-bond donors (Lipinski definition) is 2. The molecule has 0 unspecified atom stereocenters. The van der Waals surface area contributed by atoms with E-state index in [2.05, 4.69) is 34.0 Å². The number of carboxylic acid groups (broad SMARTS) is 1. The van der Waals surface area contributed by atoms with Crippen molar-refractivity contribution in [2.75, 3.05) is 31.5 Å². The number of aromatic carboxylic acids is 1. The number of nitrogens with zero attached hydrogens (tertiary/aromatic N) is 3. The van der Waals surface area contributed by atoms with Gasteiger partial charge in [-0.2, -0.15) is 0 Å². The van der Waals surface area contributed by atoms with E-state index >= 15 is 0 Å². The van der Waals surface area contributed by atoms with Crippen molar-refractivity contribution in [2.45, 2.75) is 40.0 Å². The average Bonchev–Trinajstić information content (AvgIpc) is 2.47. The molecule has 1 aromatic heterocycles. The number of nitrogens with one attached hydrogen (secondary N) is 1. The average molecular weight is 294 g/mol. The molecule has 118 valence electrons. The summed E-state index contributed by atoms with van der Waals surface area (Å²) in [6, 6.07) is 0. The third-order valence-electron chi connectivity index (χ3n) is 3.39. The highest BCUT2D eigenvalue weighted by atomic mass is 16.4. The van der Waals surface area contributed by atoms with E-state index in [9.17, 15) is 9.90 Å². The van der Waals surface area contributed by atoms with Gasteiger partial charge in [0, 0.05) is 12.5 Å². The van der Waals surface area contributed by atoms with Crippen LogP contribution >= 0.6 is 0 Å². The second-order valence-electron chi connectivity index (χ2n) is 5.26. The van der Waals surface area contributed by atoms with Crippen molar-refractivity contribution in [1.82, 2.24) is 14.9 Å². The van der Waals surface area contributed by atoms with Gasteiger partial charge in [0.25, 0.3) is 0 Å². The lowest BCUT2D eigenvalue weighted by molar-refractivity contribution is 0.0691. The van der Waals surface area contributed by atoms with Crippen molar-refractivity contribution in [2.24, 2.45) is 0 Å². The molecule has 1 heterocycles. The molecule has 0 spiro atoms. The zero-order valence-electron chi connectivity index (χ0n) is 13.4. The SMILES string of the molecule is CCN(CC)CCCNc1cnc(C(C)C)nc1C(=O)O. The van der Waals surface area contributed by atoms with Gasteiger partial charge >= 0.3 is 5.97 Å². The predicted octanol–water partition coefficient (Wildman–Crippen LogP) is 2.44. The quantitative estimate of drug-likeness (QED) is 0.681. The van der Waals surface area contributed by atoms with Crippen LogP contribution in [-0.2, 0) is 0 Å². The summed E-state index contributed by atoms with van der Waals surface area (Å²) in [5, 5.41) is 12.4. The van der Waals surface area contributed by atoms with Crippen LogP contribution in [0.5, 0.6) is 0 Å². The molecule has 0 saturated heterocycles. The zero-order valence-corrected chi connectivity index (χ0v) is 13.4. The fraction of sp³-hybridized carbons (Fsp3) is 0.667. The molecule has 0 aliphatic carbocycles. The Morgan fingerprint density at radius 1 is 1.38 bits per heavy atom. The first-order chi connectivity index (χ1) is 9.99. The predicted molar refractivity (Wildman–Crippen MR) is 84.0 cm³/mol. The first-order valence-electron chi connectivity index (χ1n) is 7.56. The molecule has 0 aliphatic rings. The van der Waals surface area contributed by atoms with Crippen molar-refractivity contribution in [3.05, 3.63) is 17.7 Å². The van der Waals surface area contributed by atoms with Crippen molar-refractivity contribution in [1.29, 1.82) is 0 Å². The van der Waals surface area contributed by atoms with Gasteiger partial charge in [-0.1, -0.05) is 27.7 Å². The van der Waals surface area contributed by atoms with Crippen molar-refractivity contribution in [3.8, 4) is 0 Å². The van der Waals surface area contributed by atoms with Crippen molar-refractivity contribution >= 4 is 11.7 Å². The molecule has 2 N–H and O–H groups in total. The summed E-state index contributed by atoms with van der Waals surface area (Å²) < 4.78 is 0. The second-order valence-corrected chi connectivity index (χ2v) is 5.26. The number of rotatable bonds is 9. The van der Waals surface area contributed by atoms with Crippen LogP contribution in [-0.4, -0.2) is 52.1 Å². The minimum atomic E-state index is -1.02. The van der Waals surface area contributed by atoms with Gasteiger partial charge in [0.15, 0.2) is 5.69 Å². The van der Waals surface area contributed by atoms with Crippen LogP contribution in [0.25, 0.3) is 0 Å². The molecule has 6 nitrogen and oxygen atoms in total. The smallest absolute Gasteiger partial charge is 0.356 e. The van der Waals surface area contributed by atoms with E-state index in [0.29, 0.717) is 18.1 Å². The van der Waals surface area contributed by atoms with Gasteiger partial charge in [0.2, 0.25) is 0 Å². The van der Waals surface area contributed by atoms with E-state index in [4.69, 9.17) is 0 Å². The monoisotopic (exact) mass is 294 g/mol. The Kier molecular flexibility index (Phi) is 7.08. The molecule has 1 rings (SSSR count). The summed E-state index contributed by atoms with van der Waals surface area (Å²) in [5.41, 5.74) is 0.544. The fourth-order valence-corrected chi connectivity index (χ4v) is 2.03. The van der Waals surface area contributed by atoms with E-state index in [1.807, 2.05) is 13.8 Å². The van der Waals surface area contributed by atoms with E-state index in [1.54, 1.807) is 6.20 Å². The van der Waals surface area contributed by atoms with Crippen LogP contribution in [0.2, 0.25) is 0 Å². The van der Waals surface area contributed by atoms with Crippen LogP contribution in [0, 0.1) is 0 Å². The molecule has 21 heavy (non-hydrogen) atoms. The van der Waals surface area contributed by atoms with Gasteiger partial charge < -0.3 is 15.3 Å². The maximum atomic E-state index is 11.3. The van der Waals surface area contributed by atoms with E-state index in [-0.39, 0.29) is 11.6 Å². The first kappa shape index (κ1) is 17.4. The van der Waals surface area contributed by atoms with Crippen LogP contribution in [0.3, 0.4) is 0 Å². The largest absolute Gasteiger partial charge is 0.476 e. The molecular formula is C15H26N4O2. The molecule has 0 amide bonds. The lowest BCUT2D eigenvalue weighted by atomic mass is 10.2. The molecule has 0 atom stereocenters. The third kappa shape index (κ3) is 5.30. The zero-order chi connectivity index (χ0) is 15.8. The molecule has 0 aliphatic heterocycles. The Bertz CT molecular complexity index is 459. The standard InChI is InChI=1S/C15H26N4O2/c1-5-19(6-2)9-7-8-16-12-10-17-14(11(3)4)18-13(12)15(20)21/h10-11,16H,5-9H2,1-4H3,(H,20,21). The second kappa shape index (κ2) is 8.56. The maximum Gasteiger partial charge on any atom is 0.356 e. The summed E-state index contributed by atoms with van der Waals surface area (Å²) in [6.45, 7) is 11.9. The fourth-order valence-electron chi connectivity index (χ4n) is 2.03. The summed E-state index contributed by atoms with van der Waals surface area (Å²) in [7, 11) is 0. The minimum Gasteiger partial charge on any atom is -0.476 e. The number of carboxylic acids is 1. The van der Waals surface area contributed by atoms with Gasteiger partial charge in [-0.05, 0) is 26.1 Å². The lowest BCUT2D eigenvalue weighted by Gasteiger charge is -2.18. The van der Waals surface area contributed by atoms with E-state index < -0.39 is 5.97 Å². The third-order valence-corrected chi connectivity index (χ3v) is 3.39. The molecule has 0 aromatic carbocycles. The highest BCUT2D eigenvalue weighted by Crippen LogP contribution is 2.16. The lowest BCUT2D eigenvalue weighted by Crippen LogP contribution is -2.25. The highest BCUT2D eigenvalue weighted by molar-refractivity contribution is 5.91. The molecule has 1 aromatic rings. The normalized spacial score (nSPS) is 11.1. The first-order valence-corrected chi connectivity index (χ1v) is 7.56. The van der Waals surface area contributed by atoms with Crippen molar-refractivity contribution < 1.29 is 9.90 Å². The molecule has 0 fully saturated rings. The van der Waals surface area contributed by atoms with Gasteiger partial charge in [-0.25, -0.2) is 14.8 Å². The van der Waals surface area contributed by atoms with Gasteiger partial charge in [-0.15, -0.1) is 0 Å². The van der Waals surface area contributed by atoms with Gasteiger partial charge in [0.05, 0.1) is 11.9 Å². The van der Waals surface area contributed by atoms with Crippen LogP contribution in [0.4, 0.5) is 5.69 Å². The molecule has 0 saturated carbocycles. The molecule has 0 radical (unpaired) electrons. The van der Waals surface area contributed by atoms with E-state index in [1.165, 1.54) is 0 Å². The Morgan fingerprint density at radius 2 is 2.05 bits per heavy atom. The topological polar surface area (TPSA) is 78.3 Å². The van der Waals surface area contributed by atoms with Crippen LogP contribution in [0.15, 0.2) is 6.20 Å². The summed E-state index contributed by atoms with van der Waals surface area (Å²) in [4.78, 5) is 22.0. The van der Waals surface area contributed by atoms with Gasteiger partial charge in [-0.3, -0.25) is 0 Å².